The second kappa shape index (κ2) is 9.42. The molecule has 0 aliphatic heterocycles. The smallest absolute Gasteiger partial charge is 0.226 e. The van der Waals surface area contributed by atoms with Gasteiger partial charge in [0.25, 0.3) is 0 Å². The standard InChI is InChI=1S/C22H23ClN2O3/c1-15(2)16-5-9-20(10-6-16)27-12-11-24-21(26)13-19-14-28-22(25-19)17-3-7-18(23)8-4-17/h3-10,14-15H,11-13H2,1-2H3,(H,24,26). The van der Waals surface area contributed by atoms with Gasteiger partial charge in [-0.1, -0.05) is 37.6 Å². The summed E-state index contributed by atoms with van der Waals surface area (Å²) in [4.78, 5) is 16.4. The lowest BCUT2D eigenvalue weighted by molar-refractivity contribution is -0.120. The first-order valence-electron chi connectivity index (χ1n) is 9.21. The van der Waals surface area contributed by atoms with E-state index in [-0.39, 0.29) is 12.3 Å². The zero-order chi connectivity index (χ0) is 19.9. The lowest BCUT2D eigenvalue weighted by atomic mass is 10.0. The maximum Gasteiger partial charge on any atom is 0.226 e. The number of hydrogen-bond donors (Lipinski definition) is 1. The zero-order valence-corrected chi connectivity index (χ0v) is 16.7. The predicted octanol–water partition coefficient (Wildman–Crippen LogP) is 4.86. The highest BCUT2D eigenvalue weighted by Crippen LogP contribution is 2.21. The molecule has 146 valence electrons. The minimum absolute atomic E-state index is 0.130. The summed E-state index contributed by atoms with van der Waals surface area (Å²) >= 11 is 5.88. The van der Waals surface area contributed by atoms with E-state index in [9.17, 15) is 4.79 Å². The van der Waals surface area contributed by atoms with Crippen molar-refractivity contribution in [3.8, 4) is 17.2 Å². The summed E-state index contributed by atoms with van der Waals surface area (Å²) < 4.78 is 11.1. The Labute approximate surface area is 169 Å². The van der Waals surface area contributed by atoms with Crippen LogP contribution in [0.2, 0.25) is 5.02 Å². The fraction of sp³-hybridized carbons (Fsp3) is 0.273. The molecule has 1 N–H and O–H groups in total. The van der Waals surface area contributed by atoms with Crippen molar-refractivity contribution in [1.29, 1.82) is 0 Å². The number of halogens is 1. The average Bonchev–Trinajstić information content (AvgIpc) is 3.14. The normalized spacial score (nSPS) is 10.9. The van der Waals surface area contributed by atoms with Gasteiger partial charge in [-0.3, -0.25) is 4.79 Å². The molecule has 1 heterocycles. The number of benzene rings is 2. The van der Waals surface area contributed by atoms with Crippen LogP contribution in [0.5, 0.6) is 5.75 Å². The van der Waals surface area contributed by atoms with Crippen molar-refractivity contribution in [3.05, 3.63) is 71.1 Å². The van der Waals surface area contributed by atoms with E-state index >= 15 is 0 Å². The average molecular weight is 399 g/mol. The highest BCUT2D eigenvalue weighted by Gasteiger charge is 2.10. The number of nitrogens with zero attached hydrogens (tertiary/aromatic N) is 1. The maximum absolute atomic E-state index is 12.1. The highest BCUT2D eigenvalue weighted by molar-refractivity contribution is 6.30. The first-order chi connectivity index (χ1) is 13.5. The van der Waals surface area contributed by atoms with E-state index in [1.165, 1.54) is 11.8 Å². The number of aromatic nitrogens is 1. The predicted molar refractivity (Wildman–Crippen MR) is 110 cm³/mol. The van der Waals surface area contributed by atoms with Crippen molar-refractivity contribution in [3.63, 3.8) is 0 Å². The fourth-order valence-electron chi connectivity index (χ4n) is 2.65. The third-order valence-corrected chi connectivity index (χ3v) is 4.48. The van der Waals surface area contributed by atoms with Crippen LogP contribution in [-0.4, -0.2) is 24.0 Å². The molecular formula is C22H23ClN2O3. The molecule has 5 nitrogen and oxygen atoms in total. The largest absolute Gasteiger partial charge is 0.492 e. The summed E-state index contributed by atoms with van der Waals surface area (Å²) in [6, 6.07) is 15.2. The third-order valence-electron chi connectivity index (χ3n) is 4.22. The molecule has 0 saturated carbocycles. The molecule has 0 saturated heterocycles. The Kier molecular flexibility index (Phi) is 6.71. The second-order valence-electron chi connectivity index (χ2n) is 6.75. The molecule has 0 aliphatic rings. The Morgan fingerprint density at radius 3 is 2.54 bits per heavy atom. The monoisotopic (exact) mass is 398 g/mol. The Bertz CT molecular complexity index is 902. The Morgan fingerprint density at radius 2 is 1.86 bits per heavy atom. The van der Waals surface area contributed by atoms with E-state index < -0.39 is 0 Å². The van der Waals surface area contributed by atoms with Gasteiger partial charge in [0.1, 0.15) is 18.6 Å². The van der Waals surface area contributed by atoms with Crippen LogP contribution in [0.1, 0.15) is 31.0 Å². The van der Waals surface area contributed by atoms with Gasteiger partial charge in [0.2, 0.25) is 11.8 Å². The number of carbonyl (C=O) groups is 1. The number of nitrogens with one attached hydrogen (secondary N) is 1. The van der Waals surface area contributed by atoms with Gasteiger partial charge in [-0.05, 0) is 47.9 Å². The quantitative estimate of drug-likeness (QED) is 0.550. The van der Waals surface area contributed by atoms with Gasteiger partial charge in [0.05, 0.1) is 18.7 Å². The summed E-state index contributed by atoms with van der Waals surface area (Å²) in [6.07, 6.45) is 1.65. The fourth-order valence-corrected chi connectivity index (χ4v) is 2.77. The van der Waals surface area contributed by atoms with Crippen molar-refractivity contribution in [2.45, 2.75) is 26.2 Å². The molecule has 0 bridgehead atoms. The number of amides is 1. The molecule has 6 heteroatoms. The first kappa shape index (κ1) is 20.0. The van der Waals surface area contributed by atoms with E-state index in [0.29, 0.717) is 35.7 Å². The molecule has 0 fully saturated rings. The van der Waals surface area contributed by atoms with Crippen molar-refractivity contribution < 1.29 is 13.9 Å². The molecule has 0 unspecified atom stereocenters. The van der Waals surface area contributed by atoms with E-state index in [0.717, 1.165) is 11.3 Å². The summed E-state index contributed by atoms with van der Waals surface area (Å²) in [6.45, 7) is 5.13. The second-order valence-corrected chi connectivity index (χ2v) is 7.19. The Morgan fingerprint density at radius 1 is 1.14 bits per heavy atom. The van der Waals surface area contributed by atoms with Crippen LogP contribution < -0.4 is 10.1 Å². The number of ether oxygens (including phenoxy) is 1. The molecule has 0 aliphatic carbocycles. The van der Waals surface area contributed by atoms with Crippen molar-refractivity contribution in [1.82, 2.24) is 10.3 Å². The van der Waals surface area contributed by atoms with Gasteiger partial charge in [0, 0.05) is 10.6 Å². The van der Waals surface area contributed by atoms with Crippen LogP contribution >= 0.6 is 11.6 Å². The van der Waals surface area contributed by atoms with Gasteiger partial charge < -0.3 is 14.5 Å². The lowest BCUT2D eigenvalue weighted by Gasteiger charge is -2.09. The van der Waals surface area contributed by atoms with Crippen LogP contribution in [0.25, 0.3) is 11.5 Å². The van der Waals surface area contributed by atoms with Crippen molar-refractivity contribution >= 4 is 17.5 Å². The van der Waals surface area contributed by atoms with Crippen molar-refractivity contribution in [2.24, 2.45) is 0 Å². The highest BCUT2D eigenvalue weighted by atomic mass is 35.5. The molecule has 28 heavy (non-hydrogen) atoms. The maximum atomic E-state index is 12.1. The van der Waals surface area contributed by atoms with Gasteiger partial charge >= 0.3 is 0 Å². The van der Waals surface area contributed by atoms with Crippen LogP contribution in [0.15, 0.2) is 59.2 Å². The van der Waals surface area contributed by atoms with Crippen LogP contribution in [0.4, 0.5) is 0 Å². The van der Waals surface area contributed by atoms with Gasteiger partial charge in [-0.15, -0.1) is 0 Å². The van der Waals surface area contributed by atoms with Crippen LogP contribution in [0, 0.1) is 0 Å². The van der Waals surface area contributed by atoms with E-state index in [2.05, 4.69) is 36.3 Å². The molecule has 1 aromatic heterocycles. The minimum Gasteiger partial charge on any atom is -0.492 e. The van der Waals surface area contributed by atoms with Crippen molar-refractivity contribution in [2.75, 3.05) is 13.2 Å². The molecule has 3 rings (SSSR count). The minimum atomic E-state index is -0.130. The first-order valence-corrected chi connectivity index (χ1v) is 9.59. The molecule has 0 spiro atoms. The lowest BCUT2D eigenvalue weighted by Crippen LogP contribution is -2.29. The molecular weight excluding hydrogens is 376 g/mol. The molecule has 0 radical (unpaired) electrons. The van der Waals surface area contributed by atoms with Crippen LogP contribution in [0.3, 0.4) is 0 Å². The van der Waals surface area contributed by atoms with Gasteiger partial charge in [0.15, 0.2) is 0 Å². The third kappa shape index (κ3) is 5.60. The van der Waals surface area contributed by atoms with E-state index in [1.807, 2.05) is 24.3 Å². The molecule has 2 aromatic carbocycles. The number of carbonyl (C=O) groups excluding carboxylic acids is 1. The van der Waals surface area contributed by atoms with E-state index in [4.69, 9.17) is 20.8 Å². The number of rotatable bonds is 8. The van der Waals surface area contributed by atoms with Gasteiger partial charge in [-0.25, -0.2) is 4.98 Å². The topological polar surface area (TPSA) is 64.4 Å². The number of hydrogen-bond acceptors (Lipinski definition) is 4. The molecule has 0 atom stereocenters. The molecule has 3 aromatic rings. The van der Waals surface area contributed by atoms with E-state index in [1.54, 1.807) is 12.1 Å². The Balaban J connectivity index is 1.41. The number of oxazole rings is 1. The summed E-state index contributed by atoms with van der Waals surface area (Å²) in [5, 5.41) is 3.47. The summed E-state index contributed by atoms with van der Waals surface area (Å²) in [5.74, 6) is 1.62. The molecule has 1 amide bonds. The summed E-state index contributed by atoms with van der Waals surface area (Å²) in [7, 11) is 0. The van der Waals surface area contributed by atoms with Crippen LogP contribution in [-0.2, 0) is 11.2 Å². The van der Waals surface area contributed by atoms with Gasteiger partial charge in [-0.2, -0.15) is 0 Å². The SMILES string of the molecule is CC(C)c1ccc(OCCNC(=O)Cc2coc(-c3ccc(Cl)cc3)n2)cc1. The zero-order valence-electron chi connectivity index (χ0n) is 15.9. The Hall–Kier alpha value is -2.79. The summed E-state index contributed by atoms with van der Waals surface area (Å²) in [5.41, 5.74) is 2.66.